The average Bonchev–Trinajstić information content (AvgIpc) is 3.33. The van der Waals surface area contributed by atoms with Crippen molar-refractivity contribution in [2.45, 2.75) is 18.8 Å². The summed E-state index contributed by atoms with van der Waals surface area (Å²) >= 11 is 0. The minimum atomic E-state index is -0.383. The molecule has 4 aromatic rings. The van der Waals surface area contributed by atoms with Crippen molar-refractivity contribution in [1.29, 1.82) is 5.26 Å². The van der Waals surface area contributed by atoms with Crippen molar-refractivity contribution in [3.05, 3.63) is 95.8 Å². The topological polar surface area (TPSA) is 109 Å². The highest BCUT2D eigenvalue weighted by molar-refractivity contribution is 5.95. The van der Waals surface area contributed by atoms with Crippen molar-refractivity contribution >= 4 is 11.7 Å². The lowest BCUT2D eigenvalue weighted by molar-refractivity contribution is -0.117. The van der Waals surface area contributed by atoms with Gasteiger partial charge in [-0.25, -0.2) is 4.98 Å². The van der Waals surface area contributed by atoms with E-state index in [4.69, 9.17) is 5.26 Å². The van der Waals surface area contributed by atoms with Crippen molar-refractivity contribution in [2.24, 2.45) is 7.05 Å². The van der Waals surface area contributed by atoms with Crippen LogP contribution in [0.4, 0.5) is 5.82 Å². The molecule has 4 rings (SSSR count). The van der Waals surface area contributed by atoms with Gasteiger partial charge in [0.05, 0.1) is 23.7 Å². The van der Waals surface area contributed by atoms with Crippen LogP contribution in [0.3, 0.4) is 0 Å². The van der Waals surface area contributed by atoms with Crippen LogP contribution in [0.1, 0.15) is 35.4 Å². The third kappa shape index (κ3) is 6.16. The number of pyridine rings is 1. The Morgan fingerprint density at radius 2 is 1.80 bits per heavy atom. The van der Waals surface area contributed by atoms with Crippen LogP contribution < -0.4 is 10.6 Å². The van der Waals surface area contributed by atoms with Gasteiger partial charge in [-0.2, -0.15) is 5.26 Å². The number of carbonyl (C=O) groups excluding carboxylic acids is 1. The van der Waals surface area contributed by atoms with Gasteiger partial charge in [-0.15, -0.1) is 5.10 Å². The number of amides is 1. The lowest BCUT2D eigenvalue weighted by Crippen LogP contribution is -2.32. The van der Waals surface area contributed by atoms with Crippen LogP contribution in [0.25, 0.3) is 11.3 Å². The second kappa shape index (κ2) is 11.2. The number of nitriles is 1. The Hall–Kier alpha value is -4.35. The van der Waals surface area contributed by atoms with E-state index in [0.29, 0.717) is 24.5 Å². The highest BCUT2D eigenvalue weighted by Gasteiger charge is 2.21. The van der Waals surface area contributed by atoms with Crippen molar-refractivity contribution in [3.8, 4) is 17.3 Å². The molecule has 2 heterocycles. The number of nitrogens with one attached hydrogen (secondary N) is 2. The lowest BCUT2D eigenvalue weighted by Gasteiger charge is -2.20. The molecule has 0 bridgehead atoms. The average molecular weight is 466 g/mol. The van der Waals surface area contributed by atoms with E-state index in [-0.39, 0.29) is 17.7 Å². The maximum Gasteiger partial charge on any atom is 0.234 e. The zero-order valence-electron chi connectivity index (χ0n) is 19.7. The van der Waals surface area contributed by atoms with Crippen LogP contribution in [0.5, 0.6) is 0 Å². The molecule has 1 unspecified atom stereocenters. The minimum absolute atomic E-state index is 0.130. The molecule has 1 amide bonds. The summed E-state index contributed by atoms with van der Waals surface area (Å²) in [5, 5.41) is 23.4. The summed E-state index contributed by atoms with van der Waals surface area (Å²) in [5.41, 5.74) is 4.27. The molecule has 35 heavy (non-hydrogen) atoms. The SMILES string of the molecule is C[C@H](CNCC(C(=O)Nc1ccc(-c2cn(C)nn2)cn1)c1ccccc1)c1ccc(C#N)cc1. The first kappa shape index (κ1) is 23.8. The van der Waals surface area contributed by atoms with Crippen molar-refractivity contribution in [3.63, 3.8) is 0 Å². The van der Waals surface area contributed by atoms with Crippen LogP contribution in [-0.2, 0) is 11.8 Å². The van der Waals surface area contributed by atoms with Gasteiger partial charge in [0.1, 0.15) is 11.5 Å². The summed E-state index contributed by atoms with van der Waals surface area (Å²) in [7, 11) is 1.81. The number of aromatic nitrogens is 4. The molecule has 2 aromatic heterocycles. The second-order valence-corrected chi connectivity index (χ2v) is 8.46. The molecule has 8 heteroatoms. The van der Waals surface area contributed by atoms with Crippen LogP contribution in [0.2, 0.25) is 0 Å². The van der Waals surface area contributed by atoms with Gasteiger partial charge in [-0.3, -0.25) is 9.48 Å². The van der Waals surface area contributed by atoms with Gasteiger partial charge in [0.25, 0.3) is 0 Å². The number of carbonyl (C=O) groups is 1. The Morgan fingerprint density at radius 1 is 1.03 bits per heavy atom. The summed E-state index contributed by atoms with van der Waals surface area (Å²) in [6.07, 6.45) is 3.49. The smallest absolute Gasteiger partial charge is 0.234 e. The molecular weight excluding hydrogens is 438 g/mol. The summed E-state index contributed by atoms with van der Waals surface area (Å²) in [5.74, 6) is 0.201. The van der Waals surface area contributed by atoms with Crippen molar-refractivity contribution in [1.82, 2.24) is 25.3 Å². The van der Waals surface area contributed by atoms with E-state index in [1.165, 1.54) is 0 Å². The Kier molecular flexibility index (Phi) is 7.60. The highest BCUT2D eigenvalue weighted by Crippen LogP contribution is 2.21. The van der Waals surface area contributed by atoms with E-state index >= 15 is 0 Å². The Balaban J connectivity index is 1.40. The summed E-state index contributed by atoms with van der Waals surface area (Å²) in [6, 6.07) is 23.1. The van der Waals surface area contributed by atoms with E-state index in [1.807, 2.05) is 66.9 Å². The molecule has 2 atom stereocenters. The molecule has 8 nitrogen and oxygen atoms in total. The van der Waals surface area contributed by atoms with Crippen LogP contribution >= 0.6 is 0 Å². The first-order chi connectivity index (χ1) is 17.0. The lowest BCUT2D eigenvalue weighted by atomic mass is 9.96. The number of anilines is 1. The van der Waals surface area contributed by atoms with E-state index in [1.54, 1.807) is 24.0 Å². The van der Waals surface area contributed by atoms with Crippen LogP contribution in [-0.4, -0.2) is 39.0 Å². The number of benzene rings is 2. The second-order valence-electron chi connectivity index (χ2n) is 8.46. The monoisotopic (exact) mass is 465 g/mol. The fourth-order valence-corrected chi connectivity index (χ4v) is 3.81. The molecule has 0 aliphatic carbocycles. The summed E-state index contributed by atoms with van der Waals surface area (Å²) in [6.45, 7) is 3.30. The normalized spacial score (nSPS) is 12.5. The largest absolute Gasteiger partial charge is 0.315 e. The standard InChI is InChI=1S/C27H27N7O/c1-19(21-10-8-20(14-28)9-11-21)15-29-17-24(22-6-4-3-5-7-22)27(35)31-26-13-12-23(16-30-26)25-18-34(2)33-32-25/h3-13,16,18-19,24,29H,15,17H2,1-2H3,(H,30,31,35)/t19-,24?/m1/s1. The maximum atomic E-state index is 13.2. The fraction of sp³-hybridized carbons (Fsp3) is 0.222. The molecule has 176 valence electrons. The number of hydrogen-bond acceptors (Lipinski definition) is 6. The number of aryl methyl sites for hydroxylation is 1. The third-order valence-corrected chi connectivity index (χ3v) is 5.84. The molecule has 0 spiro atoms. The maximum absolute atomic E-state index is 13.2. The zero-order chi connectivity index (χ0) is 24.6. The quantitative estimate of drug-likeness (QED) is 0.389. The zero-order valence-corrected chi connectivity index (χ0v) is 19.7. The van der Waals surface area contributed by atoms with Gasteiger partial charge < -0.3 is 10.6 Å². The minimum Gasteiger partial charge on any atom is -0.315 e. The van der Waals surface area contributed by atoms with Gasteiger partial charge in [-0.1, -0.05) is 54.6 Å². The number of hydrogen-bond donors (Lipinski definition) is 2. The van der Waals surface area contributed by atoms with E-state index in [0.717, 1.165) is 22.4 Å². The molecule has 0 radical (unpaired) electrons. The van der Waals surface area contributed by atoms with E-state index in [9.17, 15) is 4.79 Å². The van der Waals surface area contributed by atoms with Crippen molar-refractivity contribution in [2.75, 3.05) is 18.4 Å². The predicted molar refractivity (Wildman–Crippen MR) is 134 cm³/mol. The molecule has 0 aliphatic rings. The van der Waals surface area contributed by atoms with Gasteiger partial charge in [0.15, 0.2) is 0 Å². The predicted octanol–water partition coefficient (Wildman–Crippen LogP) is 3.86. The molecule has 0 fully saturated rings. The highest BCUT2D eigenvalue weighted by atomic mass is 16.2. The first-order valence-corrected chi connectivity index (χ1v) is 11.4. The molecule has 2 aromatic carbocycles. The summed E-state index contributed by atoms with van der Waals surface area (Å²) < 4.78 is 1.63. The van der Waals surface area contributed by atoms with Crippen LogP contribution in [0.15, 0.2) is 79.1 Å². The van der Waals surface area contributed by atoms with Crippen molar-refractivity contribution < 1.29 is 4.79 Å². The Morgan fingerprint density at radius 3 is 2.43 bits per heavy atom. The van der Waals surface area contributed by atoms with Crippen LogP contribution in [0, 0.1) is 11.3 Å². The molecule has 2 N–H and O–H groups in total. The van der Waals surface area contributed by atoms with Gasteiger partial charge in [0.2, 0.25) is 5.91 Å². The van der Waals surface area contributed by atoms with Gasteiger partial charge >= 0.3 is 0 Å². The Labute approximate surface area is 204 Å². The first-order valence-electron chi connectivity index (χ1n) is 11.4. The van der Waals surface area contributed by atoms with Gasteiger partial charge in [0, 0.05) is 31.9 Å². The summed E-state index contributed by atoms with van der Waals surface area (Å²) in [4.78, 5) is 17.6. The molecule has 0 aliphatic heterocycles. The number of rotatable bonds is 9. The molecule has 0 saturated carbocycles. The van der Waals surface area contributed by atoms with E-state index in [2.05, 4.69) is 38.9 Å². The van der Waals surface area contributed by atoms with Gasteiger partial charge in [-0.05, 0) is 41.3 Å². The number of nitrogens with zero attached hydrogens (tertiary/aromatic N) is 5. The third-order valence-electron chi connectivity index (χ3n) is 5.84. The Bertz CT molecular complexity index is 1290. The molecular formula is C27H27N7O. The van der Waals surface area contributed by atoms with E-state index < -0.39 is 0 Å². The fourth-order valence-electron chi connectivity index (χ4n) is 3.81. The molecule has 0 saturated heterocycles.